The monoisotopic (exact) mass is 240 g/mol. The molecule has 2 aromatic rings. The maximum absolute atomic E-state index is 9.95. The van der Waals surface area contributed by atoms with Gasteiger partial charge in [-0.1, -0.05) is 56.3 Å². The smallest absolute Gasteiger partial charge is 0.119 e. The largest absolute Gasteiger partial charge is 0.508 e. The summed E-state index contributed by atoms with van der Waals surface area (Å²) >= 11 is 0. The lowest BCUT2D eigenvalue weighted by Gasteiger charge is -2.12. The molecule has 0 heterocycles. The quantitative estimate of drug-likeness (QED) is 0.834. The first-order chi connectivity index (χ1) is 8.70. The predicted molar refractivity (Wildman–Crippen MR) is 76.1 cm³/mol. The molecule has 1 atom stereocenters. The third-order valence-electron chi connectivity index (χ3n) is 3.52. The van der Waals surface area contributed by atoms with Crippen LogP contribution in [0.25, 0.3) is 0 Å². The number of hydrogen-bond acceptors (Lipinski definition) is 1. The van der Waals surface area contributed by atoms with Gasteiger partial charge in [0, 0.05) is 6.42 Å². The second kappa shape index (κ2) is 5.72. The maximum Gasteiger partial charge on any atom is 0.119 e. The topological polar surface area (TPSA) is 20.2 Å². The molecule has 2 rings (SSSR count). The van der Waals surface area contributed by atoms with Crippen LogP contribution in [0, 0.1) is 0 Å². The highest BCUT2D eigenvalue weighted by molar-refractivity contribution is 5.40. The second-order valence-electron chi connectivity index (χ2n) is 4.86. The van der Waals surface area contributed by atoms with Crippen molar-refractivity contribution in [2.24, 2.45) is 0 Å². The van der Waals surface area contributed by atoms with Crippen LogP contribution in [0.4, 0.5) is 0 Å². The average Bonchev–Trinajstić information content (AvgIpc) is 2.41. The van der Waals surface area contributed by atoms with Gasteiger partial charge < -0.3 is 5.11 Å². The van der Waals surface area contributed by atoms with E-state index in [-0.39, 0.29) is 0 Å². The zero-order valence-electron chi connectivity index (χ0n) is 11.1. The van der Waals surface area contributed by atoms with E-state index in [0.29, 0.717) is 11.7 Å². The van der Waals surface area contributed by atoms with Crippen LogP contribution in [0.3, 0.4) is 0 Å². The molecule has 18 heavy (non-hydrogen) atoms. The van der Waals surface area contributed by atoms with Crippen molar-refractivity contribution in [3.8, 4) is 5.75 Å². The van der Waals surface area contributed by atoms with E-state index in [4.69, 9.17) is 0 Å². The summed E-state index contributed by atoms with van der Waals surface area (Å²) in [7, 11) is 0. The van der Waals surface area contributed by atoms with Gasteiger partial charge in [-0.3, -0.25) is 0 Å². The summed E-state index contributed by atoms with van der Waals surface area (Å²) in [5.41, 5.74) is 3.55. The predicted octanol–water partition coefficient (Wildman–Crippen LogP) is 4.50. The van der Waals surface area contributed by atoms with Gasteiger partial charge in [0.1, 0.15) is 5.75 Å². The standard InChI is InChI=1S/C17H20O/c1-3-13(2)15-9-10-17(18)16(12-15)11-14-7-5-4-6-8-14/h4-10,12-13,18H,3,11H2,1-2H3. The zero-order valence-corrected chi connectivity index (χ0v) is 11.1. The van der Waals surface area contributed by atoms with Gasteiger partial charge in [-0.25, -0.2) is 0 Å². The van der Waals surface area contributed by atoms with Gasteiger partial charge in [-0.2, -0.15) is 0 Å². The molecule has 0 saturated carbocycles. The third-order valence-corrected chi connectivity index (χ3v) is 3.52. The molecule has 0 aliphatic rings. The molecule has 0 aliphatic carbocycles. The Labute approximate surface area is 109 Å². The summed E-state index contributed by atoms with van der Waals surface area (Å²) in [4.78, 5) is 0. The van der Waals surface area contributed by atoms with E-state index >= 15 is 0 Å². The molecule has 1 unspecified atom stereocenters. The Morgan fingerprint density at radius 2 is 1.78 bits per heavy atom. The molecule has 94 valence electrons. The van der Waals surface area contributed by atoms with Crippen LogP contribution in [-0.2, 0) is 6.42 Å². The van der Waals surface area contributed by atoms with Gasteiger partial charge in [0.2, 0.25) is 0 Å². The van der Waals surface area contributed by atoms with Crippen LogP contribution in [-0.4, -0.2) is 5.11 Å². The average molecular weight is 240 g/mol. The Bertz CT molecular complexity index is 502. The molecule has 0 spiro atoms. The van der Waals surface area contributed by atoms with Crippen molar-refractivity contribution in [3.63, 3.8) is 0 Å². The molecule has 2 aromatic carbocycles. The van der Waals surface area contributed by atoms with E-state index in [1.54, 1.807) is 0 Å². The lowest BCUT2D eigenvalue weighted by molar-refractivity contribution is 0.469. The molecule has 1 N–H and O–H groups in total. The van der Waals surface area contributed by atoms with Crippen molar-refractivity contribution < 1.29 is 5.11 Å². The molecule has 0 radical (unpaired) electrons. The molecular weight excluding hydrogens is 220 g/mol. The molecule has 0 saturated heterocycles. The fraction of sp³-hybridized carbons (Fsp3) is 0.294. The van der Waals surface area contributed by atoms with E-state index in [2.05, 4.69) is 32.0 Å². The van der Waals surface area contributed by atoms with Crippen molar-refractivity contribution in [1.29, 1.82) is 0 Å². The summed E-state index contributed by atoms with van der Waals surface area (Å²) in [6, 6.07) is 16.2. The molecule has 0 aromatic heterocycles. The summed E-state index contributed by atoms with van der Waals surface area (Å²) in [5, 5.41) is 9.95. The lowest BCUT2D eigenvalue weighted by atomic mass is 9.94. The van der Waals surface area contributed by atoms with Crippen molar-refractivity contribution in [1.82, 2.24) is 0 Å². The molecule has 0 amide bonds. The van der Waals surface area contributed by atoms with Crippen LogP contribution in [0.5, 0.6) is 5.75 Å². The number of rotatable bonds is 4. The molecule has 0 aliphatic heterocycles. The molecule has 0 bridgehead atoms. The molecule has 1 heteroatoms. The van der Waals surface area contributed by atoms with Crippen LogP contribution in [0.2, 0.25) is 0 Å². The van der Waals surface area contributed by atoms with Crippen molar-refractivity contribution in [2.45, 2.75) is 32.6 Å². The van der Waals surface area contributed by atoms with Gasteiger partial charge >= 0.3 is 0 Å². The van der Waals surface area contributed by atoms with E-state index in [9.17, 15) is 5.11 Å². The Morgan fingerprint density at radius 3 is 2.44 bits per heavy atom. The minimum absolute atomic E-state index is 0.394. The Balaban J connectivity index is 2.27. The number of benzene rings is 2. The van der Waals surface area contributed by atoms with Gasteiger partial charge in [-0.05, 0) is 35.1 Å². The zero-order chi connectivity index (χ0) is 13.0. The van der Waals surface area contributed by atoms with E-state index in [0.717, 1.165) is 18.4 Å². The summed E-state index contributed by atoms with van der Waals surface area (Å²) in [6.07, 6.45) is 1.91. The van der Waals surface area contributed by atoms with E-state index in [1.165, 1.54) is 11.1 Å². The molecular formula is C17H20O. The van der Waals surface area contributed by atoms with Crippen LogP contribution in [0.1, 0.15) is 42.9 Å². The van der Waals surface area contributed by atoms with Gasteiger partial charge in [-0.15, -0.1) is 0 Å². The Kier molecular flexibility index (Phi) is 4.03. The molecule has 1 nitrogen and oxygen atoms in total. The van der Waals surface area contributed by atoms with Crippen molar-refractivity contribution in [2.75, 3.05) is 0 Å². The van der Waals surface area contributed by atoms with Crippen LogP contribution < -0.4 is 0 Å². The first-order valence-electron chi connectivity index (χ1n) is 6.56. The number of phenols is 1. The minimum atomic E-state index is 0.394. The first kappa shape index (κ1) is 12.7. The van der Waals surface area contributed by atoms with Gasteiger partial charge in [0.25, 0.3) is 0 Å². The fourth-order valence-electron chi connectivity index (χ4n) is 2.11. The number of hydrogen-bond donors (Lipinski definition) is 1. The highest BCUT2D eigenvalue weighted by Crippen LogP contribution is 2.26. The molecule has 0 fully saturated rings. The van der Waals surface area contributed by atoms with Crippen LogP contribution >= 0.6 is 0 Å². The maximum atomic E-state index is 9.95. The fourth-order valence-corrected chi connectivity index (χ4v) is 2.11. The summed E-state index contributed by atoms with van der Waals surface area (Å²) < 4.78 is 0. The third kappa shape index (κ3) is 2.92. The Morgan fingerprint density at radius 1 is 1.06 bits per heavy atom. The second-order valence-corrected chi connectivity index (χ2v) is 4.86. The lowest BCUT2D eigenvalue weighted by Crippen LogP contribution is -1.95. The highest BCUT2D eigenvalue weighted by Gasteiger charge is 2.08. The van der Waals surface area contributed by atoms with Crippen LogP contribution in [0.15, 0.2) is 48.5 Å². The SMILES string of the molecule is CCC(C)c1ccc(O)c(Cc2ccccc2)c1. The number of aromatic hydroxyl groups is 1. The number of phenolic OH excluding ortho intramolecular Hbond substituents is 1. The van der Waals surface area contributed by atoms with Gasteiger partial charge in [0.15, 0.2) is 0 Å². The summed E-state index contributed by atoms with van der Waals surface area (Å²) in [6.45, 7) is 4.41. The van der Waals surface area contributed by atoms with Gasteiger partial charge in [0.05, 0.1) is 0 Å². The van der Waals surface area contributed by atoms with Crippen molar-refractivity contribution >= 4 is 0 Å². The Hall–Kier alpha value is -1.76. The first-order valence-corrected chi connectivity index (χ1v) is 6.56. The van der Waals surface area contributed by atoms with Crippen molar-refractivity contribution in [3.05, 3.63) is 65.2 Å². The van der Waals surface area contributed by atoms with E-state index in [1.807, 2.05) is 30.3 Å². The highest BCUT2D eigenvalue weighted by atomic mass is 16.3. The normalized spacial score (nSPS) is 12.3. The summed E-state index contributed by atoms with van der Waals surface area (Å²) in [5.74, 6) is 0.936. The van der Waals surface area contributed by atoms with E-state index < -0.39 is 0 Å². The minimum Gasteiger partial charge on any atom is -0.508 e.